The van der Waals surface area contributed by atoms with E-state index in [9.17, 15) is 19.5 Å². The molecule has 0 aliphatic rings. The van der Waals surface area contributed by atoms with Crippen LogP contribution in [0.4, 0.5) is 4.79 Å². The molecular formula is C13H17N3O5. The van der Waals surface area contributed by atoms with Gasteiger partial charge in [0.2, 0.25) is 5.91 Å². The first-order chi connectivity index (χ1) is 9.95. The van der Waals surface area contributed by atoms with E-state index >= 15 is 0 Å². The second-order valence-corrected chi connectivity index (χ2v) is 4.24. The first-order valence-electron chi connectivity index (χ1n) is 6.16. The van der Waals surface area contributed by atoms with E-state index in [1.807, 2.05) is 0 Å². The lowest BCUT2D eigenvalue weighted by Crippen LogP contribution is -2.51. The van der Waals surface area contributed by atoms with Gasteiger partial charge in [-0.15, -0.1) is 0 Å². The maximum absolute atomic E-state index is 11.7. The van der Waals surface area contributed by atoms with E-state index in [-0.39, 0.29) is 0 Å². The van der Waals surface area contributed by atoms with Crippen molar-refractivity contribution in [2.24, 2.45) is 5.73 Å². The Labute approximate surface area is 120 Å². The van der Waals surface area contributed by atoms with E-state index in [0.29, 0.717) is 5.56 Å². The number of rotatable bonds is 7. The van der Waals surface area contributed by atoms with E-state index in [4.69, 9.17) is 10.8 Å². The highest BCUT2D eigenvalue weighted by molar-refractivity contribution is 5.90. The Morgan fingerprint density at radius 1 is 1.19 bits per heavy atom. The lowest BCUT2D eigenvalue weighted by Gasteiger charge is -2.14. The van der Waals surface area contributed by atoms with E-state index in [1.165, 1.54) is 0 Å². The van der Waals surface area contributed by atoms with Crippen LogP contribution in [-0.2, 0) is 9.59 Å². The predicted octanol–water partition coefficient (Wildman–Crippen LogP) is -1.57. The average molecular weight is 295 g/mol. The Morgan fingerprint density at radius 2 is 1.81 bits per heavy atom. The molecule has 1 aromatic rings. The van der Waals surface area contributed by atoms with Gasteiger partial charge in [0.05, 0.1) is 13.2 Å². The monoisotopic (exact) mass is 295 g/mol. The van der Waals surface area contributed by atoms with Crippen LogP contribution in [0.1, 0.15) is 11.7 Å². The number of aliphatic hydroxyl groups is 2. The molecule has 0 saturated carbocycles. The van der Waals surface area contributed by atoms with Crippen molar-refractivity contribution in [3.8, 4) is 0 Å². The van der Waals surface area contributed by atoms with Crippen LogP contribution >= 0.6 is 0 Å². The highest BCUT2D eigenvalue weighted by atomic mass is 16.3. The van der Waals surface area contributed by atoms with Crippen molar-refractivity contribution >= 4 is 17.7 Å². The second kappa shape index (κ2) is 7.98. The minimum atomic E-state index is -1.35. The molecule has 0 spiro atoms. The summed E-state index contributed by atoms with van der Waals surface area (Å²) in [6.45, 7) is -1.08. The van der Waals surface area contributed by atoms with E-state index in [2.05, 4.69) is 10.6 Å². The molecule has 0 unspecified atom stereocenters. The topological polar surface area (TPSA) is 142 Å². The van der Waals surface area contributed by atoms with Crippen molar-refractivity contribution in [2.75, 3.05) is 13.2 Å². The van der Waals surface area contributed by atoms with Crippen molar-refractivity contribution in [1.29, 1.82) is 0 Å². The molecule has 0 aliphatic heterocycles. The lowest BCUT2D eigenvalue weighted by molar-refractivity contribution is -0.126. The molecule has 114 valence electrons. The minimum Gasteiger partial charge on any atom is -0.394 e. The Balaban J connectivity index is 2.46. The number of urea groups is 1. The number of nitrogens with two attached hydrogens (primary N) is 1. The van der Waals surface area contributed by atoms with Gasteiger partial charge in [0.15, 0.2) is 5.78 Å². The number of amides is 3. The molecule has 1 rings (SSSR count). The van der Waals surface area contributed by atoms with Crippen LogP contribution in [0.3, 0.4) is 0 Å². The summed E-state index contributed by atoms with van der Waals surface area (Å²) in [4.78, 5) is 33.9. The van der Waals surface area contributed by atoms with Gasteiger partial charge in [0.1, 0.15) is 12.1 Å². The third kappa shape index (κ3) is 5.21. The maximum atomic E-state index is 11.7. The van der Waals surface area contributed by atoms with Gasteiger partial charge in [-0.25, -0.2) is 4.79 Å². The van der Waals surface area contributed by atoms with E-state index in [0.717, 1.165) is 0 Å². The Morgan fingerprint density at radius 3 is 2.33 bits per heavy atom. The van der Waals surface area contributed by atoms with Gasteiger partial charge < -0.3 is 26.6 Å². The Bertz CT molecular complexity index is 506. The summed E-state index contributed by atoms with van der Waals surface area (Å²) in [5.74, 6) is -1.51. The summed E-state index contributed by atoms with van der Waals surface area (Å²) in [6.07, 6.45) is -1.35. The summed E-state index contributed by atoms with van der Waals surface area (Å²) in [5, 5.41) is 22.9. The largest absolute Gasteiger partial charge is 0.394 e. The fourth-order valence-corrected chi connectivity index (χ4v) is 1.50. The fourth-order valence-electron chi connectivity index (χ4n) is 1.50. The minimum absolute atomic E-state index is 0.412. The van der Waals surface area contributed by atoms with Crippen LogP contribution in [0.15, 0.2) is 30.3 Å². The van der Waals surface area contributed by atoms with Crippen LogP contribution in [0.5, 0.6) is 0 Å². The molecule has 8 heteroatoms. The van der Waals surface area contributed by atoms with Crippen molar-refractivity contribution in [3.63, 3.8) is 0 Å². The van der Waals surface area contributed by atoms with Crippen LogP contribution in [0.2, 0.25) is 0 Å². The normalized spacial score (nSPS) is 13.0. The van der Waals surface area contributed by atoms with Crippen LogP contribution < -0.4 is 16.4 Å². The second-order valence-electron chi connectivity index (χ2n) is 4.24. The lowest BCUT2D eigenvalue weighted by atomic mass is 10.1. The van der Waals surface area contributed by atoms with Gasteiger partial charge in [-0.2, -0.15) is 0 Å². The molecule has 2 atom stereocenters. The Hall–Kier alpha value is -2.45. The molecule has 21 heavy (non-hydrogen) atoms. The molecule has 0 aromatic heterocycles. The first kappa shape index (κ1) is 16.6. The fraction of sp³-hybridized carbons (Fsp3) is 0.308. The molecule has 0 saturated heterocycles. The summed E-state index contributed by atoms with van der Waals surface area (Å²) in [6, 6.07) is 6.16. The van der Waals surface area contributed by atoms with Crippen molar-refractivity contribution in [1.82, 2.24) is 10.6 Å². The van der Waals surface area contributed by atoms with Crippen molar-refractivity contribution < 1.29 is 24.6 Å². The van der Waals surface area contributed by atoms with Gasteiger partial charge in [-0.3, -0.25) is 9.59 Å². The van der Waals surface area contributed by atoms with Crippen LogP contribution in [0.25, 0.3) is 0 Å². The summed E-state index contributed by atoms with van der Waals surface area (Å²) >= 11 is 0. The first-order valence-corrected chi connectivity index (χ1v) is 6.16. The third-order valence-corrected chi connectivity index (χ3v) is 2.67. The van der Waals surface area contributed by atoms with Gasteiger partial charge in [0.25, 0.3) is 0 Å². The van der Waals surface area contributed by atoms with Crippen LogP contribution in [0, 0.1) is 0 Å². The zero-order valence-corrected chi connectivity index (χ0v) is 11.2. The number of hydrogen-bond donors (Lipinski definition) is 5. The molecule has 8 nitrogen and oxygen atoms in total. The molecule has 0 heterocycles. The summed E-state index contributed by atoms with van der Waals surface area (Å²) < 4.78 is 0. The number of ketones is 1. The number of nitrogens with one attached hydrogen (secondary N) is 2. The molecule has 0 bridgehead atoms. The predicted molar refractivity (Wildman–Crippen MR) is 73.0 cm³/mol. The van der Waals surface area contributed by atoms with Crippen molar-refractivity contribution in [3.05, 3.63) is 35.9 Å². The SMILES string of the molecule is NC(=O)[C@H](CO)NC(=O)NCC(=O)[C@@H](O)c1ccccc1. The molecule has 1 aromatic carbocycles. The zero-order valence-electron chi connectivity index (χ0n) is 11.2. The number of benzene rings is 1. The smallest absolute Gasteiger partial charge is 0.315 e. The number of Topliss-reactive ketones (excluding diaryl/α,β-unsaturated/α-hetero) is 1. The van der Waals surface area contributed by atoms with Gasteiger partial charge in [-0.05, 0) is 5.56 Å². The summed E-state index contributed by atoms with van der Waals surface area (Å²) in [5.41, 5.74) is 5.34. The van der Waals surface area contributed by atoms with Gasteiger partial charge in [-0.1, -0.05) is 30.3 Å². The number of carbonyl (C=O) groups is 3. The van der Waals surface area contributed by atoms with Gasteiger partial charge in [0, 0.05) is 0 Å². The molecule has 0 aliphatic carbocycles. The highest BCUT2D eigenvalue weighted by Crippen LogP contribution is 2.12. The number of primary amides is 1. The Kier molecular flexibility index (Phi) is 6.31. The summed E-state index contributed by atoms with van der Waals surface area (Å²) in [7, 11) is 0. The molecular weight excluding hydrogens is 278 g/mol. The number of aliphatic hydroxyl groups excluding tert-OH is 2. The number of carbonyl (C=O) groups excluding carboxylic acids is 3. The molecule has 6 N–H and O–H groups in total. The molecule has 0 radical (unpaired) electrons. The third-order valence-electron chi connectivity index (χ3n) is 2.67. The zero-order chi connectivity index (χ0) is 15.8. The molecule has 0 fully saturated rings. The van der Waals surface area contributed by atoms with Gasteiger partial charge >= 0.3 is 6.03 Å². The standard InChI is InChI=1S/C13H17N3O5/c14-12(20)9(7-17)16-13(21)15-6-10(18)11(19)8-4-2-1-3-5-8/h1-5,9,11,17,19H,6-7H2,(H2,14,20)(H2,15,16,21)/t9-,11-/m0/s1. The maximum Gasteiger partial charge on any atom is 0.315 e. The van der Waals surface area contributed by atoms with E-state index in [1.54, 1.807) is 30.3 Å². The van der Waals surface area contributed by atoms with E-state index < -0.39 is 43.0 Å². The van der Waals surface area contributed by atoms with Crippen molar-refractivity contribution in [2.45, 2.75) is 12.1 Å². The highest BCUT2D eigenvalue weighted by Gasteiger charge is 2.20. The number of hydrogen-bond acceptors (Lipinski definition) is 5. The van der Waals surface area contributed by atoms with Crippen LogP contribution in [-0.4, -0.2) is 47.1 Å². The molecule has 3 amide bonds. The average Bonchev–Trinajstić information content (AvgIpc) is 2.49. The quantitative estimate of drug-likeness (QED) is 0.413.